The van der Waals surface area contributed by atoms with Gasteiger partial charge in [-0.3, -0.25) is 9.59 Å². The van der Waals surface area contributed by atoms with Gasteiger partial charge in [0.1, 0.15) is 11.4 Å². The van der Waals surface area contributed by atoms with Gasteiger partial charge in [0.25, 0.3) is 15.9 Å². The quantitative estimate of drug-likeness (QED) is 0.770. The summed E-state index contributed by atoms with van der Waals surface area (Å²) in [5, 5.41) is 0. The average molecular weight is 357 g/mol. The third-order valence-electron chi connectivity index (χ3n) is 4.61. The number of Topliss-reactive ketones (excluding diaryl/α,β-unsaturated/α-hetero) is 1. The highest BCUT2D eigenvalue weighted by atomic mass is 32.2. The lowest BCUT2D eigenvalue weighted by Crippen LogP contribution is -2.35. The zero-order valence-electron chi connectivity index (χ0n) is 14.1. The van der Waals surface area contributed by atoms with Crippen molar-refractivity contribution in [3.8, 4) is 0 Å². The topological polar surface area (TPSA) is 71.5 Å². The monoisotopic (exact) mass is 357 g/mol. The van der Waals surface area contributed by atoms with Gasteiger partial charge in [-0.2, -0.15) is 0 Å². The molecule has 0 spiro atoms. The molecule has 0 aromatic heterocycles. The molecule has 1 atom stereocenters. The third-order valence-corrected chi connectivity index (χ3v) is 6.40. The maximum atomic E-state index is 12.5. The zero-order chi connectivity index (χ0) is 18.2. The van der Waals surface area contributed by atoms with E-state index in [9.17, 15) is 18.0 Å². The maximum Gasteiger partial charge on any atom is 0.269 e. The predicted molar refractivity (Wildman–Crippen MR) is 94.1 cm³/mol. The van der Waals surface area contributed by atoms with E-state index in [0.29, 0.717) is 15.8 Å². The van der Waals surface area contributed by atoms with Crippen LogP contribution in [0.2, 0.25) is 0 Å². The molecule has 130 valence electrons. The summed E-state index contributed by atoms with van der Waals surface area (Å²) in [7, 11) is -3.96. The summed E-state index contributed by atoms with van der Waals surface area (Å²) in [5.74, 6) is -0.667. The number of amides is 1. The number of rotatable bonds is 5. The van der Waals surface area contributed by atoms with Crippen molar-refractivity contribution in [3.05, 3.63) is 65.2 Å². The Hall–Kier alpha value is -2.47. The molecular formula is C19H19NO4S. The number of carbonyl (C=O) groups is 2. The molecule has 3 rings (SSSR count). The highest BCUT2D eigenvalue weighted by Gasteiger charge is 2.41. The van der Waals surface area contributed by atoms with Crippen molar-refractivity contribution in [3.63, 3.8) is 0 Å². The summed E-state index contributed by atoms with van der Waals surface area (Å²) in [4.78, 5) is 24.8. The van der Waals surface area contributed by atoms with Crippen molar-refractivity contribution in [2.24, 2.45) is 0 Å². The van der Waals surface area contributed by atoms with E-state index in [1.165, 1.54) is 12.1 Å². The number of hydrogen-bond acceptors (Lipinski definition) is 4. The molecule has 5 nitrogen and oxygen atoms in total. The van der Waals surface area contributed by atoms with E-state index in [1.807, 2.05) is 12.1 Å². The first-order valence-electron chi connectivity index (χ1n) is 8.15. The molecule has 0 bridgehead atoms. The maximum absolute atomic E-state index is 12.5. The number of nitrogens with zero attached hydrogens (tertiary/aromatic N) is 1. The summed E-state index contributed by atoms with van der Waals surface area (Å²) in [6.07, 6.45) is 0.992. The van der Waals surface area contributed by atoms with Gasteiger partial charge in [0.05, 0.1) is 5.56 Å². The van der Waals surface area contributed by atoms with E-state index in [2.05, 4.69) is 13.8 Å². The molecule has 0 saturated carbocycles. The van der Waals surface area contributed by atoms with E-state index < -0.39 is 28.3 Å². The first kappa shape index (κ1) is 17.4. The van der Waals surface area contributed by atoms with Crippen molar-refractivity contribution in [2.75, 3.05) is 6.54 Å². The molecule has 25 heavy (non-hydrogen) atoms. The molecule has 1 heterocycles. The molecule has 0 aliphatic carbocycles. The molecule has 1 aliphatic heterocycles. The molecule has 0 fully saturated rings. The van der Waals surface area contributed by atoms with Crippen LogP contribution in [-0.2, 0) is 10.0 Å². The van der Waals surface area contributed by atoms with Gasteiger partial charge >= 0.3 is 0 Å². The highest BCUT2D eigenvalue weighted by molar-refractivity contribution is 7.90. The number of sulfonamides is 1. The Morgan fingerprint density at radius 2 is 1.72 bits per heavy atom. The van der Waals surface area contributed by atoms with Gasteiger partial charge in [-0.15, -0.1) is 0 Å². The van der Waals surface area contributed by atoms with Crippen LogP contribution in [0.5, 0.6) is 0 Å². The van der Waals surface area contributed by atoms with Crippen LogP contribution in [0.1, 0.15) is 52.5 Å². The van der Waals surface area contributed by atoms with E-state index >= 15 is 0 Å². The highest BCUT2D eigenvalue weighted by Crippen LogP contribution is 2.30. The SMILES string of the molecule is CC[C@H](C)c1ccc(C(=O)CN2C(=O)c3ccccc3S2(=O)=O)cc1. The van der Waals surface area contributed by atoms with Crippen LogP contribution in [-0.4, -0.2) is 31.0 Å². The van der Waals surface area contributed by atoms with Gasteiger partial charge in [-0.25, -0.2) is 12.7 Å². The molecule has 0 saturated heterocycles. The van der Waals surface area contributed by atoms with Crippen molar-refractivity contribution in [1.82, 2.24) is 4.31 Å². The van der Waals surface area contributed by atoms with Crippen molar-refractivity contribution in [1.29, 1.82) is 0 Å². The minimum atomic E-state index is -3.96. The summed E-state index contributed by atoms with van der Waals surface area (Å²) < 4.78 is 25.6. The second kappa shape index (κ2) is 6.44. The fraction of sp³-hybridized carbons (Fsp3) is 0.263. The lowest BCUT2D eigenvalue weighted by atomic mass is 9.97. The minimum Gasteiger partial charge on any atom is -0.292 e. The Kier molecular flexibility index (Phi) is 4.47. The van der Waals surface area contributed by atoms with Gasteiger partial charge in [0.2, 0.25) is 0 Å². The summed E-state index contributed by atoms with van der Waals surface area (Å²) in [5.41, 5.74) is 1.63. The lowest BCUT2D eigenvalue weighted by Gasteiger charge is -2.14. The second-order valence-electron chi connectivity index (χ2n) is 6.17. The normalized spacial score (nSPS) is 16.6. The molecule has 2 aromatic carbocycles. The van der Waals surface area contributed by atoms with Crippen molar-refractivity contribution >= 4 is 21.7 Å². The number of fused-ring (bicyclic) bond motifs is 1. The first-order chi connectivity index (χ1) is 11.9. The molecule has 0 N–H and O–H groups in total. The van der Waals surface area contributed by atoms with Crippen LogP contribution in [0, 0.1) is 0 Å². The molecule has 6 heteroatoms. The van der Waals surface area contributed by atoms with Crippen LogP contribution in [0.25, 0.3) is 0 Å². The Morgan fingerprint density at radius 1 is 1.08 bits per heavy atom. The molecule has 1 aliphatic rings. The third kappa shape index (κ3) is 2.98. The van der Waals surface area contributed by atoms with Gasteiger partial charge in [0, 0.05) is 5.56 Å². The Labute approximate surface area is 147 Å². The predicted octanol–water partition coefficient (Wildman–Crippen LogP) is 3.23. The van der Waals surface area contributed by atoms with Gasteiger partial charge in [-0.05, 0) is 30.0 Å². The molecular weight excluding hydrogens is 338 g/mol. The minimum absolute atomic E-state index is 0.0417. The number of benzene rings is 2. The molecule has 1 amide bonds. The van der Waals surface area contributed by atoms with Crippen LogP contribution < -0.4 is 0 Å². The summed E-state index contributed by atoms with van der Waals surface area (Å²) in [6.45, 7) is 3.70. The second-order valence-corrected chi connectivity index (χ2v) is 8.00. The zero-order valence-corrected chi connectivity index (χ0v) is 14.9. The average Bonchev–Trinajstić information content (AvgIpc) is 2.82. The van der Waals surface area contributed by atoms with Crippen molar-refractivity contribution in [2.45, 2.75) is 31.1 Å². The lowest BCUT2D eigenvalue weighted by molar-refractivity contribution is 0.0820. The first-order valence-corrected chi connectivity index (χ1v) is 9.59. The van der Waals surface area contributed by atoms with Crippen LogP contribution >= 0.6 is 0 Å². The Morgan fingerprint density at radius 3 is 2.32 bits per heavy atom. The number of hydrogen-bond donors (Lipinski definition) is 0. The number of ketones is 1. The largest absolute Gasteiger partial charge is 0.292 e. The molecule has 0 radical (unpaired) electrons. The van der Waals surface area contributed by atoms with Gasteiger partial charge in [-0.1, -0.05) is 50.2 Å². The Bertz CT molecular complexity index is 932. The smallest absolute Gasteiger partial charge is 0.269 e. The van der Waals surface area contributed by atoms with Crippen LogP contribution in [0.15, 0.2) is 53.4 Å². The summed E-state index contributed by atoms with van der Waals surface area (Å²) >= 11 is 0. The van der Waals surface area contributed by atoms with E-state index in [1.54, 1.807) is 24.3 Å². The van der Waals surface area contributed by atoms with E-state index in [0.717, 1.165) is 12.0 Å². The van der Waals surface area contributed by atoms with Gasteiger partial charge in [0.15, 0.2) is 5.78 Å². The Balaban J connectivity index is 1.83. The number of carbonyl (C=O) groups excluding carboxylic acids is 2. The molecule has 0 unspecified atom stereocenters. The van der Waals surface area contributed by atoms with Crippen molar-refractivity contribution < 1.29 is 18.0 Å². The standard InChI is InChI=1S/C19H19NO4S/c1-3-13(2)14-8-10-15(11-9-14)17(21)12-20-19(22)16-6-4-5-7-18(16)25(20,23)24/h4-11,13H,3,12H2,1-2H3/t13-/m0/s1. The fourth-order valence-electron chi connectivity index (χ4n) is 2.84. The summed E-state index contributed by atoms with van der Waals surface area (Å²) in [6, 6.07) is 13.1. The van der Waals surface area contributed by atoms with Crippen LogP contribution in [0.4, 0.5) is 0 Å². The fourth-order valence-corrected chi connectivity index (χ4v) is 4.37. The van der Waals surface area contributed by atoms with Crippen LogP contribution in [0.3, 0.4) is 0 Å². The molecule has 2 aromatic rings. The van der Waals surface area contributed by atoms with E-state index in [4.69, 9.17) is 0 Å². The van der Waals surface area contributed by atoms with Gasteiger partial charge < -0.3 is 0 Å². The van der Waals surface area contributed by atoms with E-state index in [-0.39, 0.29) is 10.5 Å².